The number of halogens is 1. The maximum absolute atomic E-state index is 9.85. The summed E-state index contributed by atoms with van der Waals surface area (Å²) in [6.45, 7) is 3.16. The lowest BCUT2D eigenvalue weighted by atomic mass is 10.6. The van der Waals surface area contributed by atoms with Gasteiger partial charge in [-0.1, -0.05) is 6.58 Å². The molecule has 0 aromatic carbocycles. The van der Waals surface area contributed by atoms with Crippen molar-refractivity contribution < 1.29 is 4.79 Å². The van der Waals surface area contributed by atoms with Crippen LogP contribution in [-0.4, -0.2) is 5.91 Å². The lowest BCUT2D eigenvalue weighted by molar-refractivity contribution is -0.114. The van der Waals surface area contributed by atoms with Gasteiger partial charge in [0.15, 0.2) is 0 Å². The SMILES string of the molecule is C=CC(=O)[N]Br. The van der Waals surface area contributed by atoms with Gasteiger partial charge in [-0.2, -0.15) is 4.34 Å². The fourth-order valence-corrected chi connectivity index (χ4v) is 0.179. The molecule has 0 aliphatic rings. The molecule has 0 saturated carbocycles. The highest BCUT2D eigenvalue weighted by Crippen LogP contribution is 1.73. The van der Waals surface area contributed by atoms with E-state index in [9.17, 15) is 4.79 Å². The summed E-state index contributed by atoms with van der Waals surface area (Å²) in [5, 5.41) is 0. The molecule has 0 fully saturated rings. The molecule has 0 heterocycles. The summed E-state index contributed by atoms with van der Waals surface area (Å²) >= 11 is 2.58. The summed E-state index contributed by atoms with van der Waals surface area (Å²) in [6, 6.07) is 0. The Bertz CT molecular complexity index is 71.2. The number of nitrogens with zero attached hydrogens (tertiary/aromatic N) is 1. The highest BCUT2D eigenvalue weighted by atomic mass is 79.9. The van der Waals surface area contributed by atoms with Gasteiger partial charge in [0.2, 0.25) is 0 Å². The Morgan fingerprint density at radius 1 is 2.00 bits per heavy atom. The van der Waals surface area contributed by atoms with Crippen LogP contribution >= 0.6 is 16.1 Å². The van der Waals surface area contributed by atoms with E-state index in [-0.39, 0.29) is 5.91 Å². The van der Waals surface area contributed by atoms with Crippen molar-refractivity contribution in [3.8, 4) is 0 Å². The van der Waals surface area contributed by atoms with Crippen LogP contribution in [0.4, 0.5) is 0 Å². The van der Waals surface area contributed by atoms with Crippen LogP contribution in [0.2, 0.25) is 0 Å². The van der Waals surface area contributed by atoms with Crippen LogP contribution in [-0.2, 0) is 4.79 Å². The molecule has 0 bridgehead atoms. The van der Waals surface area contributed by atoms with Crippen molar-refractivity contribution in [2.45, 2.75) is 0 Å². The number of hydrogen-bond acceptors (Lipinski definition) is 1. The molecule has 33 valence electrons. The first-order valence-corrected chi connectivity index (χ1v) is 2.00. The summed E-state index contributed by atoms with van der Waals surface area (Å²) < 4.78 is 3.06. The molecule has 6 heavy (non-hydrogen) atoms. The minimum atomic E-state index is -0.352. The van der Waals surface area contributed by atoms with E-state index in [0.29, 0.717) is 0 Å². The molecule has 0 unspecified atom stereocenters. The van der Waals surface area contributed by atoms with E-state index in [4.69, 9.17) is 0 Å². The number of rotatable bonds is 1. The lowest BCUT2D eigenvalue weighted by Gasteiger charge is -1.74. The van der Waals surface area contributed by atoms with Crippen molar-refractivity contribution in [1.29, 1.82) is 0 Å². The van der Waals surface area contributed by atoms with E-state index in [0.717, 1.165) is 6.08 Å². The smallest absolute Gasteiger partial charge is 0.267 e. The highest BCUT2D eigenvalue weighted by molar-refractivity contribution is 9.08. The molecule has 0 aliphatic carbocycles. The first-order valence-electron chi connectivity index (χ1n) is 1.29. The Balaban J connectivity index is 3.23. The topological polar surface area (TPSA) is 31.2 Å². The van der Waals surface area contributed by atoms with E-state index in [1.165, 1.54) is 0 Å². The Morgan fingerprint density at radius 2 is 2.50 bits per heavy atom. The zero-order chi connectivity index (χ0) is 4.99. The monoisotopic (exact) mass is 148 g/mol. The molecule has 0 spiro atoms. The van der Waals surface area contributed by atoms with Crippen LogP contribution in [0.25, 0.3) is 0 Å². The van der Waals surface area contributed by atoms with E-state index in [2.05, 4.69) is 27.1 Å². The largest absolute Gasteiger partial charge is 0.275 e. The first-order chi connectivity index (χ1) is 2.81. The third-order valence-electron chi connectivity index (χ3n) is 0.258. The minimum absolute atomic E-state index is 0.352. The van der Waals surface area contributed by atoms with Crippen molar-refractivity contribution in [1.82, 2.24) is 4.34 Å². The van der Waals surface area contributed by atoms with E-state index >= 15 is 0 Å². The average molecular weight is 149 g/mol. The molecule has 0 aromatic heterocycles. The van der Waals surface area contributed by atoms with Crippen molar-refractivity contribution in [2.75, 3.05) is 0 Å². The van der Waals surface area contributed by atoms with Gasteiger partial charge >= 0.3 is 0 Å². The number of carbonyl (C=O) groups is 1. The fourth-order valence-electron chi connectivity index (χ4n) is 0.0345. The third kappa shape index (κ3) is 1.96. The molecule has 1 radical (unpaired) electrons. The molecule has 0 aromatic rings. The van der Waals surface area contributed by atoms with Gasteiger partial charge in [-0.3, -0.25) is 4.79 Å². The van der Waals surface area contributed by atoms with Crippen LogP contribution in [0.1, 0.15) is 0 Å². The molecule has 0 atom stereocenters. The number of amides is 1. The molecule has 2 nitrogen and oxygen atoms in total. The van der Waals surface area contributed by atoms with Gasteiger partial charge in [0.25, 0.3) is 5.91 Å². The lowest BCUT2D eigenvalue weighted by Crippen LogP contribution is -1.97. The highest BCUT2D eigenvalue weighted by Gasteiger charge is 1.84. The van der Waals surface area contributed by atoms with Gasteiger partial charge in [-0.15, -0.1) is 0 Å². The van der Waals surface area contributed by atoms with Crippen molar-refractivity contribution >= 4 is 22.1 Å². The summed E-state index contributed by atoms with van der Waals surface area (Å²) in [5.74, 6) is -0.352. The molecular formula is C3H3BrNO. The third-order valence-corrected chi connectivity index (χ3v) is 0.607. The zero-order valence-corrected chi connectivity index (χ0v) is 4.60. The number of hydrogen-bond donors (Lipinski definition) is 0. The molecule has 0 saturated heterocycles. The Labute approximate surface area is 44.6 Å². The molecule has 0 rings (SSSR count). The summed E-state index contributed by atoms with van der Waals surface area (Å²) in [5.41, 5.74) is 0. The predicted octanol–water partition coefficient (Wildman–Crippen LogP) is 0.613. The van der Waals surface area contributed by atoms with Crippen molar-refractivity contribution in [3.63, 3.8) is 0 Å². The van der Waals surface area contributed by atoms with Gasteiger partial charge in [-0.25, -0.2) is 0 Å². The zero-order valence-electron chi connectivity index (χ0n) is 3.02. The second kappa shape index (κ2) is 2.90. The maximum atomic E-state index is 9.85. The predicted molar refractivity (Wildman–Crippen MR) is 26.3 cm³/mol. The van der Waals surface area contributed by atoms with Gasteiger partial charge in [0, 0.05) is 0 Å². The van der Waals surface area contributed by atoms with Crippen LogP contribution < -0.4 is 4.34 Å². The van der Waals surface area contributed by atoms with Crippen LogP contribution in [0.15, 0.2) is 12.7 Å². The van der Waals surface area contributed by atoms with Crippen LogP contribution in [0, 0.1) is 0 Å². The average Bonchev–Trinajstić information content (AvgIpc) is 1.65. The van der Waals surface area contributed by atoms with Crippen LogP contribution in [0.3, 0.4) is 0 Å². The minimum Gasteiger partial charge on any atom is -0.267 e. The van der Waals surface area contributed by atoms with Gasteiger partial charge in [0.1, 0.15) is 0 Å². The maximum Gasteiger partial charge on any atom is 0.275 e. The fraction of sp³-hybridized carbons (Fsp3) is 0. The molecular weight excluding hydrogens is 146 g/mol. The Morgan fingerprint density at radius 3 is 2.50 bits per heavy atom. The number of carbonyl (C=O) groups excluding carboxylic acids is 1. The molecule has 1 amide bonds. The van der Waals surface area contributed by atoms with E-state index in [1.807, 2.05) is 0 Å². The van der Waals surface area contributed by atoms with Crippen molar-refractivity contribution in [2.24, 2.45) is 0 Å². The Kier molecular flexibility index (Phi) is 2.75. The first kappa shape index (κ1) is 5.69. The molecule has 3 heteroatoms. The van der Waals surface area contributed by atoms with E-state index < -0.39 is 0 Å². The second-order valence-electron chi connectivity index (χ2n) is 0.627. The Hall–Kier alpha value is -0.310. The van der Waals surface area contributed by atoms with Gasteiger partial charge in [-0.05, 0) is 6.08 Å². The second-order valence-corrected chi connectivity index (χ2v) is 0.982. The molecule has 0 N–H and O–H groups in total. The summed E-state index contributed by atoms with van der Waals surface area (Å²) in [7, 11) is 0. The summed E-state index contributed by atoms with van der Waals surface area (Å²) in [4.78, 5) is 9.85. The summed E-state index contributed by atoms with van der Waals surface area (Å²) in [6.07, 6.45) is 1.12. The van der Waals surface area contributed by atoms with Crippen LogP contribution in [0.5, 0.6) is 0 Å². The van der Waals surface area contributed by atoms with E-state index in [1.54, 1.807) is 0 Å². The normalized spacial score (nSPS) is 6.83. The van der Waals surface area contributed by atoms with Crippen molar-refractivity contribution in [3.05, 3.63) is 12.7 Å². The quantitative estimate of drug-likeness (QED) is 0.502. The van der Waals surface area contributed by atoms with Gasteiger partial charge < -0.3 is 0 Å². The molecule has 0 aliphatic heterocycles. The standard InChI is InChI=1S/C3H3BrNO/c1-2-3(6)5-4/h2H,1H2. The van der Waals surface area contributed by atoms with Gasteiger partial charge in [0.05, 0.1) is 16.1 Å².